The van der Waals surface area contributed by atoms with Crippen molar-refractivity contribution in [2.24, 2.45) is 0 Å². The lowest BCUT2D eigenvalue weighted by molar-refractivity contribution is -0.146. The molecule has 0 atom stereocenters. The Hall–Kier alpha value is -3.12. The summed E-state index contributed by atoms with van der Waals surface area (Å²) in [7, 11) is 0. The number of amides is 1. The first-order valence-electron chi connectivity index (χ1n) is 9.05. The molecule has 3 aromatic carbocycles. The summed E-state index contributed by atoms with van der Waals surface area (Å²) in [6, 6.07) is 25.0. The molecule has 0 aliphatic heterocycles. The van der Waals surface area contributed by atoms with Gasteiger partial charge in [0.1, 0.15) is 5.82 Å². The lowest BCUT2D eigenvalue weighted by Gasteiger charge is -2.20. The second kappa shape index (κ2) is 10.4. The van der Waals surface area contributed by atoms with Crippen molar-refractivity contribution in [2.75, 3.05) is 12.4 Å². The molecule has 1 amide bonds. The lowest BCUT2D eigenvalue weighted by Crippen LogP contribution is -2.33. The minimum Gasteiger partial charge on any atom is -0.455 e. The minimum atomic E-state index is -0.579. The number of benzene rings is 3. The molecular formula is C23H20FNO3S. The Morgan fingerprint density at radius 2 is 1.41 bits per heavy atom. The van der Waals surface area contributed by atoms with E-state index in [0.29, 0.717) is 4.90 Å². The number of carbonyl (C=O) groups is 2. The molecule has 0 aliphatic carbocycles. The summed E-state index contributed by atoms with van der Waals surface area (Å²) in [5.74, 6) is -1.46. The van der Waals surface area contributed by atoms with E-state index in [4.69, 9.17) is 4.74 Å². The van der Waals surface area contributed by atoms with Gasteiger partial charge in [0.25, 0.3) is 5.91 Å². The Morgan fingerprint density at radius 1 is 0.862 bits per heavy atom. The van der Waals surface area contributed by atoms with E-state index in [9.17, 15) is 14.0 Å². The number of hydrogen-bond acceptors (Lipinski definition) is 4. The molecule has 4 nitrogen and oxygen atoms in total. The fraction of sp³-hybridized carbons (Fsp3) is 0.130. The second-order valence-corrected chi connectivity index (χ2v) is 7.22. The number of ether oxygens (including phenoxy) is 1. The Kier molecular flexibility index (Phi) is 7.41. The minimum absolute atomic E-state index is 0.0744. The van der Waals surface area contributed by atoms with Crippen molar-refractivity contribution < 1.29 is 18.7 Å². The van der Waals surface area contributed by atoms with E-state index in [-0.39, 0.29) is 11.8 Å². The second-order valence-electron chi connectivity index (χ2n) is 6.20. The predicted octanol–water partition coefficient (Wildman–Crippen LogP) is 4.37. The van der Waals surface area contributed by atoms with E-state index in [1.165, 1.54) is 6.07 Å². The Labute approximate surface area is 173 Å². The van der Waals surface area contributed by atoms with Crippen LogP contribution in [0.5, 0.6) is 0 Å². The summed E-state index contributed by atoms with van der Waals surface area (Å²) in [5.41, 5.74) is 1.85. The zero-order chi connectivity index (χ0) is 20.5. The highest BCUT2D eigenvalue weighted by atomic mass is 32.2. The molecule has 3 aromatic rings. The summed E-state index contributed by atoms with van der Waals surface area (Å²) in [5, 5.41) is 2.90. The van der Waals surface area contributed by atoms with Gasteiger partial charge in [-0.3, -0.25) is 9.59 Å². The molecule has 0 aromatic heterocycles. The molecule has 0 aliphatic rings. The Balaban J connectivity index is 1.55. The van der Waals surface area contributed by atoms with Crippen LogP contribution in [-0.2, 0) is 14.3 Å². The molecule has 0 spiro atoms. The van der Waals surface area contributed by atoms with Crippen LogP contribution in [0.25, 0.3) is 0 Å². The summed E-state index contributed by atoms with van der Waals surface area (Å²) >= 11 is 1.03. The number of nitrogens with one attached hydrogen (secondary N) is 1. The largest absolute Gasteiger partial charge is 0.455 e. The maximum atomic E-state index is 13.6. The third-order valence-corrected chi connectivity index (χ3v) is 5.14. The van der Waals surface area contributed by atoms with Gasteiger partial charge in [-0.25, -0.2) is 4.39 Å². The number of halogens is 1. The van der Waals surface area contributed by atoms with Gasteiger partial charge in [0.2, 0.25) is 0 Å². The van der Waals surface area contributed by atoms with E-state index in [1.807, 2.05) is 60.7 Å². The molecule has 29 heavy (non-hydrogen) atoms. The maximum absolute atomic E-state index is 13.6. The van der Waals surface area contributed by atoms with Gasteiger partial charge < -0.3 is 10.1 Å². The van der Waals surface area contributed by atoms with E-state index >= 15 is 0 Å². The average molecular weight is 409 g/mol. The molecule has 148 valence electrons. The summed E-state index contributed by atoms with van der Waals surface area (Å²) in [6.07, 6.45) is 0. The zero-order valence-corrected chi connectivity index (χ0v) is 16.4. The van der Waals surface area contributed by atoms with Crippen LogP contribution in [0.1, 0.15) is 17.2 Å². The highest BCUT2D eigenvalue weighted by molar-refractivity contribution is 8.00. The molecule has 0 unspecified atom stereocenters. The van der Waals surface area contributed by atoms with E-state index < -0.39 is 24.3 Å². The highest BCUT2D eigenvalue weighted by Crippen LogP contribution is 2.22. The van der Waals surface area contributed by atoms with Gasteiger partial charge in [0.05, 0.1) is 11.8 Å². The first-order valence-corrected chi connectivity index (χ1v) is 10.0. The van der Waals surface area contributed by atoms with Crippen LogP contribution in [0.15, 0.2) is 89.8 Å². The average Bonchev–Trinajstić information content (AvgIpc) is 2.76. The Morgan fingerprint density at radius 3 is 2.00 bits per heavy atom. The quantitative estimate of drug-likeness (QED) is 0.444. The summed E-state index contributed by atoms with van der Waals surface area (Å²) in [4.78, 5) is 24.7. The maximum Gasteiger partial charge on any atom is 0.316 e. The fourth-order valence-electron chi connectivity index (χ4n) is 2.74. The number of rotatable bonds is 8. The van der Waals surface area contributed by atoms with Crippen molar-refractivity contribution in [3.05, 3.63) is 102 Å². The smallest absolute Gasteiger partial charge is 0.316 e. The number of esters is 1. The van der Waals surface area contributed by atoms with E-state index in [2.05, 4.69) is 5.32 Å². The molecule has 0 fully saturated rings. The van der Waals surface area contributed by atoms with Crippen molar-refractivity contribution >= 4 is 23.6 Å². The number of carbonyl (C=O) groups excluding carboxylic acids is 2. The van der Waals surface area contributed by atoms with Gasteiger partial charge in [0.15, 0.2) is 6.61 Å². The van der Waals surface area contributed by atoms with Crippen LogP contribution in [0.4, 0.5) is 4.39 Å². The van der Waals surface area contributed by atoms with Gasteiger partial charge in [-0.15, -0.1) is 11.8 Å². The fourth-order valence-corrected chi connectivity index (χ4v) is 3.48. The molecular weight excluding hydrogens is 389 g/mol. The van der Waals surface area contributed by atoms with Crippen molar-refractivity contribution in [3.63, 3.8) is 0 Å². The normalized spacial score (nSPS) is 10.6. The molecule has 0 saturated heterocycles. The third kappa shape index (κ3) is 6.19. The summed E-state index contributed by atoms with van der Waals surface area (Å²) in [6.45, 7) is -0.396. The molecule has 0 heterocycles. The van der Waals surface area contributed by atoms with E-state index in [1.54, 1.807) is 18.2 Å². The van der Waals surface area contributed by atoms with Gasteiger partial charge in [-0.05, 0) is 23.3 Å². The first-order chi connectivity index (χ1) is 14.1. The van der Waals surface area contributed by atoms with Crippen molar-refractivity contribution in [1.82, 2.24) is 5.32 Å². The SMILES string of the molecule is O=C(COC(=O)CSc1ccccc1F)NC(c1ccccc1)c1ccccc1. The van der Waals surface area contributed by atoms with Crippen LogP contribution in [0.3, 0.4) is 0 Å². The predicted molar refractivity (Wildman–Crippen MR) is 111 cm³/mol. The number of thioether (sulfide) groups is 1. The topological polar surface area (TPSA) is 55.4 Å². The van der Waals surface area contributed by atoms with Crippen LogP contribution < -0.4 is 5.32 Å². The van der Waals surface area contributed by atoms with Gasteiger partial charge >= 0.3 is 5.97 Å². The van der Waals surface area contributed by atoms with Crippen LogP contribution in [0.2, 0.25) is 0 Å². The van der Waals surface area contributed by atoms with Crippen LogP contribution in [-0.4, -0.2) is 24.2 Å². The molecule has 0 radical (unpaired) electrons. The molecule has 1 N–H and O–H groups in total. The lowest BCUT2D eigenvalue weighted by atomic mass is 9.99. The van der Waals surface area contributed by atoms with Crippen LogP contribution >= 0.6 is 11.8 Å². The standard InChI is InChI=1S/C23H20FNO3S/c24-19-13-7-8-14-20(19)29-16-22(27)28-15-21(26)25-23(17-9-3-1-4-10-17)18-11-5-2-6-12-18/h1-14,23H,15-16H2,(H,25,26). The molecule has 3 rings (SSSR count). The van der Waals surface area contributed by atoms with Gasteiger partial charge in [-0.2, -0.15) is 0 Å². The summed E-state index contributed by atoms with van der Waals surface area (Å²) < 4.78 is 18.6. The molecule has 0 saturated carbocycles. The monoisotopic (exact) mass is 409 g/mol. The highest BCUT2D eigenvalue weighted by Gasteiger charge is 2.17. The van der Waals surface area contributed by atoms with E-state index in [0.717, 1.165) is 22.9 Å². The van der Waals surface area contributed by atoms with Crippen LogP contribution in [0, 0.1) is 5.82 Å². The van der Waals surface area contributed by atoms with Gasteiger partial charge in [-0.1, -0.05) is 72.8 Å². The van der Waals surface area contributed by atoms with Crippen molar-refractivity contribution in [1.29, 1.82) is 0 Å². The van der Waals surface area contributed by atoms with Crippen molar-refractivity contribution in [3.8, 4) is 0 Å². The molecule has 6 heteroatoms. The zero-order valence-electron chi connectivity index (χ0n) is 15.6. The van der Waals surface area contributed by atoms with Crippen molar-refractivity contribution in [2.45, 2.75) is 10.9 Å². The number of hydrogen-bond donors (Lipinski definition) is 1. The first kappa shape index (κ1) is 20.6. The third-order valence-electron chi connectivity index (χ3n) is 4.12. The molecule has 0 bridgehead atoms. The van der Waals surface area contributed by atoms with Gasteiger partial charge in [0, 0.05) is 4.90 Å². The Bertz CT molecular complexity index is 911.